The summed E-state index contributed by atoms with van der Waals surface area (Å²) < 4.78 is 5.19. The number of nitrogens with one attached hydrogen (secondary N) is 1. The molecule has 0 spiro atoms. The van der Waals surface area contributed by atoms with Crippen LogP contribution in [0.1, 0.15) is 27.2 Å². The quantitative estimate of drug-likeness (QED) is 0.742. The molecule has 1 amide bonds. The van der Waals surface area contributed by atoms with Crippen LogP contribution >= 0.6 is 0 Å². The van der Waals surface area contributed by atoms with Crippen LogP contribution in [0.25, 0.3) is 11.3 Å². The highest BCUT2D eigenvalue weighted by Crippen LogP contribution is 2.34. The summed E-state index contributed by atoms with van der Waals surface area (Å²) in [5.74, 6) is 0.320. The average molecular weight is 348 g/mol. The molecule has 1 heterocycles. The number of nitrogens with zero attached hydrogens (tertiary/aromatic N) is 2. The number of aromatic nitrogens is 2. The number of primary amides is 1. The van der Waals surface area contributed by atoms with E-state index in [0.29, 0.717) is 12.2 Å². The molecule has 0 saturated heterocycles. The third kappa shape index (κ3) is 2.79. The summed E-state index contributed by atoms with van der Waals surface area (Å²) in [6.07, 6.45) is 1.64. The van der Waals surface area contributed by atoms with Crippen molar-refractivity contribution in [3.8, 4) is 17.0 Å². The number of nitrogens with two attached hydrogens (primary N) is 1. The van der Waals surface area contributed by atoms with Crippen LogP contribution in [0, 0.1) is 0 Å². The van der Waals surface area contributed by atoms with Gasteiger partial charge in [-0.15, -0.1) is 5.10 Å². The van der Waals surface area contributed by atoms with Crippen LogP contribution in [0.2, 0.25) is 0 Å². The van der Waals surface area contributed by atoms with Gasteiger partial charge in [-0.25, -0.2) is 0 Å². The second-order valence-electron chi connectivity index (χ2n) is 6.29. The molecule has 3 aromatic rings. The predicted molar refractivity (Wildman–Crippen MR) is 99.6 cm³/mol. The smallest absolute Gasteiger partial charge is 0.269 e. The molecule has 2 aromatic carbocycles. The van der Waals surface area contributed by atoms with E-state index < -0.39 is 5.91 Å². The molecule has 3 N–H and O–H groups in total. The summed E-state index contributed by atoms with van der Waals surface area (Å²) >= 11 is 0. The van der Waals surface area contributed by atoms with Crippen LogP contribution in [-0.2, 0) is 19.4 Å². The first-order valence-corrected chi connectivity index (χ1v) is 8.54. The summed E-state index contributed by atoms with van der Waals surface area (Å²) in [5.41, 5.74) is 14.5. The molecule has 0 unspecified atom stereocenters. The number of amides is 1. The van der Waals surface area contributed by atoms with Gasteiger partial charge >= 0.3 is 0 Å². The molecule has 6 heteroatoms. The largest absolute Gasteiger partial charge is 0.497 e. The second-order valence-corrected chi connectivity index (χ2v) is 6.29. The molecule has 0 saturated carbocycles. The van der Waals surface area contributed by atoms with Crippen LogP contribution in [0.4, 0.5) is 0 Å². The molecule has 1 aromatic heterocycles. The zero-order valence-electron chi connectivity index (χ0n) is 14.5. The van der Waals surface area contributed by atoms with Crippen LogP contribution in [0.5, 0.6) is 5.75 Å². The lowest BCUT2D eigenvalue weighted by Crippen LogP contribution is -2.19. The Labute approximate surface area is 151 Å². The van der Waals surface area contributed by atoms with Gasteiger partial charge in [-0.05, 0) is 36.1 Å². The van der Waals surface area contributed by atoms with Crippen molar-refractivity contribution >= 4 is 5.91 Å². The molecule has 1 aliphatic rings. The second kappa shape index (κ2) is 6.55. The summed E-state index contributed by atoms with van der Waals surface area (Å²) in [6.45, 7) is 0.568. The van der Waals surface area contributed by atoms with E-state index in [1.807, 2.05) is 36.4 Å². The molecule has 26 heavy (non-hydrogen) atoms. The van der Waals surface area contributed by atoms with Gasteiger partial charge < -0.3 is 15.9 Å². The van der Waals surface area contributed by atoms with E-state index in [1.165, 1.54) is 5.56 Å². The molecule has 6 nitrogen and oxygen atoms in total. The number of benzene rings is 2. The number of carbonyl (C=O) groups is 1. The molecule has 4 rings (SSSR count). The van der Waals surface area contributed by atoms with Crippen molar-refractivity contribution in [2.75, 3.05) is 12.5 Å². The predicted octanol–water partition coefficient (Wildman–Crippen LogP) is 2.50. The Balaban J connectivity index is 1.69. The molecule has 0 fully saturated rings. The fourth-order valence-electron chi connectivity index (χ4n) is 3.41. The number of rotatable bonds is 5. The first-order chi connectivity index (χ1) is 12.7. The normalized spacial score (nSPS) is 12.2. The Morgan fingerprint density at radius 3 is 2.69 bits per heavy atom. The lowest BCUT2D eigenvalue weighted by Gasteiger charge is -2.19. The third-order valence-electron chi connectivity index (χ3n) is 4.73. The van der Waals surface area contributed by atoms with Crippen molar-refractivity contribution in [2.45, 2.75) is 19.4 Å². The van der Waals surface area contributed by atoms with Crippen molar-refractivity contribution < 1.29 is 9.53 Å². The fraction of sp³-hybridized carbons (Fsp3) is 0.200. The third-order valence-corrected chi connectivity index (χ3v) is 4.73. The van der Waals surface area contributed by atoms with E-state index in [2.05, 4.69) is 22.7 Å². The van der Waals surface area contributed by atoms with Crippen LogP contribution in [0.15, 0.2) is 48.5 Å². The number of aryl methyl sites for hydroxylation is 1. The molecule has 132 valence electrons. The van der Waals surface area contributed by atoms with E-state index in [1.54, 1.807) is 11.9 Å². The molecule has 0 bridgehead atoms. The van der Waals surface area contributed by atoms with E-state index in [9.17, 15) is 4.79 Å². The summed E-state index contributed by atoms with van der Waals surface area (Å²) in [6, 6.07) is 16.0. The van der Waals surface area contributed by atoms with Gasteiger partial charge in [-0.1, -0.05) is 36.4 Å². The Morgan fingerprint density at radius 2 is 1.96 bits per heavy atom. The van der Waals surface area contributed by atoms with Gasteiger partial charge in [-0.2, -0.15) is 4.79 Å². The van der Waals surface area contributed by atoms with Crippen molar-refractivity contribution in [2.24, 2.45) is 5.73 Å². The lowest BCUT2D eigenvalue weighted by molar-refractivity contribution is 0.0994. The Bertz CT molecular complexity index is 960. The Hall–Kier alpha value is -3.28. The minimum atomic E-state index is -0.495. The van der Waals surface area contributed by atoms with E-state index in [4.69, 9.17) is 10.5 Å². The minimum absolute atomic E-state index is 0.344. The number of carbonyl (C=O) groups excluding carboxylic acids is 1. The van der Waals surface area contributed by atoms with Crippen molar-refractivity contribution in [1.29, 1.82) is 0 Å². The zero-order valence-corrected chi connectivity index (χ0v) is 14.5. The van der Waals surface area contributed by atoms with Gasteiger partial charge in [0.25, 0.3) is 5.91 Å². The molecular formula is C20H20N4O2. The molecule has 1 aliphatic carbocycles. The minimum Gasteiger partial charge on any atom is -0.497 e. The standard InChI is InChI=1S/C20H20N4O2/c1-26-15-9-6-13(7-10-15)12-22-24-19-16-5-3-2-4-14(16)8-11-17(19)18(23-24)20(21)25/h2-7,9-10,22H,8,11-12H2,1H3,(H2,21,25). The topological polar surface area (TPSA) is 82.2 Å². The van der Waals surface area contributed by atoms with Gasteiger partial charge in [0.05, 0.1) is 19.3 Å². The van der Waals surface area contributed by atoms with E-state index >= 15 is 0 Å². The molecular weight excluding hydrogens is 328 g/mol. The highest BCUT2D eigenvalue weighted by atomic mass is 16.5. The highest BCUT2D eigenvalue weighted by molar-refractivity contribution is 5.95. The van der Waals surface area contributed by atoms with Crippen LogP contribution in [-0.4, -0.2) is 22.9 Å². The maximum absolute atomic E-state index is 11.8. The Morgan fingerprint density at radius 1 is 1.19 bits per heavy atom. The average Bonchev–Trinajstić information content (AvgIpc) is 3.06. The highest BCUT2D eigenvalue weighted by Gasteiger charge is 2.27. The van der Waals surface area contributed by atoms with Gasteiger partial charge in [0.2, 0.25) is 0 Å². The van der Waals surface area contributed by atoms with Gasteiger partial charge in [0.15, 0.2) is 5.69 Å². The maximum atomic E-state index is 11.8. The van der Waals surface area contributed by atoms with Gasteiger partial charge in [0.1, 0.15) is 5.75 Å². The summed E-state index contributed by atoms with van der Waals surface area (Å²) in [4.78, 5) is 13.5. The van der Waals surface area contributed by atoms with Gasteiger partial charge in [0, 0.05) is 11.1 Å². The SMILES string of the molecule is COc1ccc(CNn2nc(C(N)=O)c3c2-c2ccccc2CC3)cc1. The van der Waals surface area contributed by atoms with Crippen molar-refractivity contribution in [3.63, 3.8) is 0 Å². The molecule has 0 radical (unpaired) electrons. The maximum Gasteiger partial charge on any atom is 0.269 e. The van der Waals surface area contributed by atoms with Crippen LogP contribution < -0.4 is 15.9 Å². The number of methoxy groups -OCH3 is 1. The first kappa shape index (κ1) is 16.2. The van der Waals surface area contributed by atoms with Crippen molar-refractivity contribution in [3.05, 3.63) is 70.9 Å². The van der Waals surface area contributed by atoms with Crippen molar-refractivity contribution in [1.82, 2.24) is 9.89 Å². The fourth-order valence-corrected chi connectivity index (χ4v) is 3.41. The molecule has 0 atom stereocenters. The van der Waals surface area contributed by atoms with Crippen LogP contribution in [0.3, 0.4) is 0 Å². The summed E-state index contributed by atoms with van der Waals surface area (Å²) in [5, 5.41) is 4.45. The monoisotopic (exact) mass is 348 g/mol. The number of fused-ring (bicyclic) bond motifs is 3. The number of hydrogen-bond donors (Lipinski definition) is 2. The lowest BCUT2D eigenvalue weighted by atomic mass is 9.89. The Kier molecular flexibility index (Phi) is 4.08. The van der Waals surface area contributed by atoms with E-state index in [-0.39, 0.29) is 0 Å². The molecule has 0 aliphatic heterocycles. The zero-order chi connectivity index (χ0) is 18.1. The van der Waals surface area contributed by atoms with E-state index in [0.717, 1.165) is 41.0 Å². The summed E-state index contributed by atoms with van der Waals surface area (Å²) in [7, 11) is 1.64. The number of hydrogen-bond acceptors (Lipinski definition) is 4. The number of ether oxygens (including phenoxy) is 1. The van der Waals surface area contributed by atoms with Gasteiger partial charge in [-0.3, -0.25) is 4.79 Å². The first-order valence-electron chi connectivity index (χ1n) is 8.54.